The van der Waals surface area contributed by atoms with Crippen LogP contribution in [-0.4, -0.2) is 26.4 Å². The zero-order chi connectivity index (χ0) is 10.4. The van der Waals surface area contributed by atoms with Crippen LogP contribution in [0.3, 0.4) is 0 Å². The summed E-state index contributed by atoms with van der Waals surface area (Å²) in [6, 6.07) is 0. The van der Waals surface area contributed by atoms with Gasteiger partial charge in [0.2, 0.25) is 0 Å². The maximum Gasteiger partial charge on any atom is 0.523 e. The average Bonchev–Trinajstić information content (AvgIpc) is 1.87. The van der Waals surface area contributed by atoms with Gasteiger partial charge in [-0.2, -0.15) is 21.6 Å². The first kappa shape index (κ1) is 14.8. The third-order valence-corrected chi connectivity index (χ3v) is 1.51. The van der Waals surface area contributed by atoms with Crippen molar-refractivity contribution in [1.82, 2.24) is 0 Å². The molecule has 76 valence electrons. The second kappa shape index (κ2) is 5.85. The highest BCUT2D eigenvalue weighted by Gasteiger charge is 2.46. The van der Waals surface area contributed by atoms with Gasteiger partial charge in [0, 0.05) is 0 Å². The lowest BCUT2D eigenvalue weighted by Crippen LogP contribution is -2.23. The van der Waals surface area contributed by atoms with Gasteiger partial charge in [-0.05, 0) is 0 Å². The van der Waals surface area contributed by atoms with E-state index >= 15 is 0 Å². The van der Waals surface area contributed by atoms with Gasteiger partial charge in [-0.3, -0.25) is 4.18 Å². The molecule has 0 amide bonds. The Bertz CT molecular complexity index is 199. The Morgan fingerprint density at radius 3 is 1.58 bits per heavy atom. The predicted molar refractivity (Wildman–Crippen MR) is 38.6 cm³/mol. The van der Waals surface area contributed by atoms with E-state index in [1.165, 1.54) is 0 Å². The Hall–Kier alpha value is 0.280. The lowest BCUT2D eigenvalue weighted by atomic mass is 11.6. The maximum absolute atomic E-state index is 11.1. The largest absolute Gasteiger partial charge is 0.523 e. The van der Waals surface area contributed by atoms with Crippen LogP contribution in [0.15, 0.2) is 0 Å². The van der Waals surface area contributed by atoms with Crippen LogP contribution in [0, 0.1) is 0 Å². The Morgan fingerprint density at radius 1 is 1.33 bits per heavy atom. The Morgan fingerprint density at radius 2 is 1.58 bits per heavy atom. The fourth-order valence-electron chi connectivity index (χ4n) is 0.0945. The van der Waals surface area contributed by atoms with Crippen molar-refractivity contribution in [3.8, 4) is 0 Å². The van der Waals surface area contributed by atoms with Crippen molar-refractivity contribution in [2.75, 3.05) is 12.4 Å². The monoisotopic (exact) mass is 248 g/mol. The van der Waals surface area contributed by atoms with Crippen molar-refractivity contribution in [2.24, 2.45) is 0 Å². The standard InChI is InChI=1S/C2H3F3O3S.CH2Cl2/c1-8-9(6,7)2(3,4)5;2-1-3/h1H3;1H2. The molecule has 3 nitrogen and oxygen atoms in total. The smallest absolute Gasteiger partial charge is 0.267 e. The molecule has 12 heavy (non-hydrogen) atoms. The minimum atomic E-state index is -5.34. The molecule has 0 atom stereocenters. The van der Waals surface area contributed by atoms with Gasteiger partial charge in [-0.25, -0.2) is 0 Å². The Kier molecular flexibility index (Phi) is 7.20. The van der Waals surface area contributed by atoms with Crippen molar-refractivity contribution in [3.63, 3.8) is 0 Å². The normalized spacial score (nSPS) is 11.8. The molecule has 0 bridgehead atoms. The summed E-state index contributed by atoms with van der Waals surface area (Å²) >= 11 is 9.53. The van der Waals surface area contributed by atoms with E-state index in [9.17, 15) is 21.6 Å². The van der Waals surface area contributed by atoms with Crippen LogP contribution in [0.5, 0.6) is 0 Å². The van der Waals surface area contributed by atoms with Crippen LogP contribution in [0.2, 0.25) is 0 Å². The molecule has 0 saturated heterocycles. The minimum Gasteiger partial charge on any atom is -0.267 e. The van der Waals surface area contributed by atoms with Crippen LogP contribution in [0.1, 0.15) is 0 Å². The molecule has 0 aliphatic rings. The van der Waals surface area contributed by atoms with Crippen LogP contribution in [0.4, 0.5) is 13.2 Å². The second-order valence-corrected chi connectivity index (χ2v) is 3.68. The van der Waals surface area contributed by atoms with Crippen molar-refractivity contribution >= 4 is 33.3 Å². The SMILES string of the molecule is COS(=O)(=O)C(F)(F)F.ClCCl. The van der Waals surface area contributed by atoms with Crippen LogP contribution >= 0.6 is 23.2 Å². The minimum absolute atomic E-state index is 0.194. The van der Waals surface area contributed by atoms with Gasteiger partial charge in [0.15, 0.2) is 0 Å². The van der Waals surface area contributed by atoms with E-state index < -0.39 is 15.6 Å². The van der Waals surface area contributed by atoms with Gasteiger partial charge < -0.3 is 0 Å². The molecule has 0 heterocycles. The highest BCUT2D eigenvalue weighted by atomic mass is 35.5. The molecule has 0 unspecified atom stereocenters. The lowest BCUT2D eigenvalue weighted by molar-refractivity contribution is -0.0526. The van der Waals surface area contributed by atoms with Crippen molar-refractivity contribution in [1.29, 1.82) is 0 Å². The van der Waals surface area contributed by atoms with E-state index in [0.29, 0.717) is 7.11 Å². The number of hydrogen-bond acceptors (Lipinski definition) is 3. The summed E-state index contributed by atoms with van der Waals surface area (Å²) in [4.78, 5) is 0. The van der Waals surface area contributed by atoms with Gasteiger partial charge >= 0.3 is 15.6 Å². The van der Waals surface area contributed by atoms with E-state index in [1.54, 1.807) is 0 Å². The molecule has 0 radical (unpaired) electrons. The summed E-state index contributed by atoms with van der Waals surface area (Å²) < 4.78 is 55.9. The van der Waals surface area contributed by atoms with E-state index in [1.807, 2.05) is 0 Å². The summed E-state index contributed by atoms with van der Waals surface area (Å²) in [5.41, 5.74) is -5.30. The van der Waals surface area contributed by atoms with E-state index in [2.05, 4.69) is 4.18 Å². The zero-order valence-electron chi connectivity index (χ0n) is 5.73. The molecule has 0 rings (SSSR count). The van der Waals surface area contributed by atoms with Gasteiger partial charge in [-0.15, -0.1) is 23.2 Å². The first-order valence-electron chi connectivity index (χ1n) is 2.21. The van der Waals surface area contributed by atoms with E-state index in [4.69, 9.17) is 23.2 Å². The molecule has 0 spiro atoms. The van der Waals surface area contributed by atoms with Gasteiger partial charge in [0.25, 0.3) is 0 Å². The van der Waals surface area contributed by atoms with Gasteiger partial charge in [0.1, 0.15) is 0 Å². The summed E-state index contributed by atoms with van der Waals surface area (Å²) in [7, 11) is -4.89. The Balaban J connectivity index is 0. The molecule has 0 aromatic carbocycles. The molecule has 0 fully saturated rings. The number of alkyl halides is 5. The molecular formula is C3H5Cl2F3O3S. The topological polar surface area (TPSA) is 43.4 Å². The third kappa shape index (κ3) is 5.87. The molecule has 0 aromatic rings. The van der Waals surface area contributed by atoms with Crippen molar-refractivity contribution in [2.45, 2.75) is 5.51 Å². The maximum atomic E-state index is 11.1. The average molecular weight is 249 g/mol. The number of hydrogen-bond donors (Lipinski definition) is 0. The van der Waals surface area contributed by atoms with Crippen molar-refractivity contribution < 1.29 is 25.8 Å². The third-order valence-electron chi connectivity index (χ3n) is 0.503. The van der Waals surface area contributed by atoms with Gasteiger partial charge in [0.05, 0.1) is 12.4 Å². The Labute approximate surface area is 77.5 Å². The highest BCUT2D eigenvalue weighted by Crippen LogP contribution is 2.23. The summed E-state index contributed by atoms with van der Waals surface area (Å²) in [5.74, 6) is 0. The number of rotatable bonds is 1. The lowest BCUT2D eigenvalue weighted by Gasteiger charge is -2.02. The quantitative estimate of drug-likeness (QED) is 0.405. The van der Waals surface area contributed by atoms with Crippen LogP contribution in [-0.2, 0) is 14.3 Å². The molecule has 9 heteroatoms. The first-order valence-corrected chi connectivity index (χ1v) is 4.69. The first-order chi connectivity index (χ1) is 5.22. The van der Waals surface area contributed by atoms with E-state index in [-0.39, 0.29) is 5.34 Å². The summed E-state index contributed by atoms with van der Waals surface area (Å²) in [6.45, 7) is 0. The summed E-state index contributed by atoms with van der Waals surface area (Å²) in [5, 5.41) is 0.194. The van der Waals surface area contributed by atoms with Crippen LogP contribution < -0.4 is 0 Å². The molecular weight excluding hydrogens is 244 g/mol. The second-order valence-electron chi connectivity index (χ2n) is 1.17. The fourth-order valence-corrected chi connectivity index (χ4v) is 0.283. The van der Waals surface area contributed by atoms with Crippen LogP contribution in [0.25, 0.3) is 0 Å². The molecule has 0 aliphatic carbocycles. The predicted octanol–water partition coefficient (Wildman–Crippen LogP) is 1.90. The van der Waals surface area contributed by atoms with Crippen molar-refractivity contribution in [3.05, 3.63) is 0 Å². The van der Waals surface area contributed by atoms with E-state index in [0.717, 1.165) is 0 Å². The molecule has 0 aliphatic heterocycles. The zero-order valence-corrected chi connectivity index (χ0v) is 8.06. The van der Waals surface area contributed by atoms with Gasteiger partial charge in [-0.1, -0.05) is 0 Å². The number of halogens is 5. The highest BCUT2D eigenvalue weighted by molar-refractivity contribution is 7.87. The molecule has 0 N–H and O–H groups in total. The molecule has 0 aromatic heterocycles. The molecule has 0 saturated carbocycles. The summed E-state index contributed by atoms with van der Waals surface area (Å²) in [6.07, 6.45) is 0. The fraction of sp³-hybridized carbons (Fsp3) is 1.00.